The van der Waals surface area contributed by atoms with Crippen LogP contribution < -0.4 is 15.7 Å². The Labute approximate surface area is 228 Å². The summed E-state index contributed by atoms with van der Waals surface area (Å²) in [6.07, 6.45) is 2.65. The average molecular weight is 538 g/mol. The molecule has 6 aromatic rings. The molecule has 0 spiro atoms. The first-order chi connectivity index (χ1) is 18.9. The minimum atomic E-state index is -0.143. The van der Waals surface area contributed by atoms with E-state index in [2.05, 4.69) is 29.4 Å². The minimum Gasteiger partial charge on any atom is -0.497 e. The largest absolute Gasteiger partial charge is 0.497 e. The van der Waals surface area contributed by atoms with E-state index in [9.17, 15) is 9.59 Å². The van der Waals surface area contributed by atoms with E-state index >= 15 is 0 Å². The highest BCUT2D eigenvalue weighted by molar-refractivity contribution is 7.22. The van der Waals surface area contributed by atoms with Gasteiger partial charge in [-0.25, -0.2) is 9.78 Å². The summed E-state index contributed by atoms with van der Waals surface area (Å²) in [5.74, 6) is 0.636. The van der Waals surface area contributed by atoms with Crippen LogP contribution in [0.15, 0.2) is 71.7 Å². The van der Waals surface area contributed by atoms with Crippen LogP contribution in [-0.4, -0.2) is 32.1 Å². The molecular weight excluding hydrogens is 510 g/mol. The second kappa shape index (κ2) is 9.99. The number of benzene rings is 3. The number of fused-ring (bicyclic) bond motifs is 4. The third kappa shape index (κ3) is 4.55. The van der Waals surface area contributed by atoms with Gasteiger partial charge >= 0.3 is 5.69 Å². The molecule has 0 aliphatic rings. The van der Waals surface area contributed by atoms with Crippen molar-refractivity contribution in [3.8, 4) is 16.9 Å². The van der Waals surface area contributed by atoms with Crippen LogP contribution in [0.4, 0.5) is 5.13 Å². The zero-order valence-electron chi connectivity index (χ0n) is 21.9. The Bertz CT molecular complexity index is 1920. The molecule has 0 saturated carbocycles. The van der Waals surface area contributed by atoms with Crippen molar-refractivity contribution >= 4 is 54.5 Å². The van der Waals surface area contributed by atoms with Crippen LogP contribution in [0.1, 0.15) is 25.8 Å². The number of methoxy groups -OCH3 is 1. The Balaban J connectivity index is 1.51. The number of thiazole rings is 1. The summed E-state index contributed by atoms with van der Waals surface area (Å²) < 4.78 is 9.97. The van der Waals surface area contributed by atoms with Crippen molar-refractivity contribution < 1.29 is 9.53 Å². The summed E-state index contributed by atoms with van der Waals surface area (Å²) in [5, 5.41) is 4.27. The maximum absolute atomic E-state index is 13.7. The van der Waals surface area contributed by atoms with E-state index in [0.717, 1.165) is 61.0 Å². The molecule has 0 unspecified atom stereocenters. The van der Waals surface area contributed by atoms with Gasteiger partial charge in [0.25, 0.3) is 0 Å². The SMILES string of the molecule is CCCn1c(=O)n(Cc2ccc(OC)cc2)c2c3cc(-c4ccc5nc(NC(C)=O)sc5c4)ccc3ncc21. The van der Waals surface area contributed by atoms with Gasteiger partial charge < -0.3 is 10.1 Å². The minimum absolute atomic E-state index is 0.0426. The average Bonchev–Trinajstić information content (AvgIpc) is 3.46. The number of aromatic nitrogens is 4. The first-order valence-corrected chi connectivity index (χ1v) is 13.6. The number of ether oxygens (including phenoxy) is 1. The molecule has 3 aromatic heterocycles. The fraction of sp³-hybridized carbons (Fsp3) is 0.200. The van der Waals surface area contributed by atoms with Crippen LogP contribution in [0.3, 0.4) is 0 Å². The number of aryl methyl sites for hydroxylation is 1. The monoisotopic (exact) mass is 537 g/mol. The molecule has 3 heterocycles. The molecule has 3 aromatic carbocycles. The van der Waals surface area contributed by atoms with E-state index < -0.39 is 0 Å². The van der Waals surface area contributed by atoms with Gasteiger partial charge in [-0.05, 0) is 59.5 Å². The zero-order valence-corrected chi connectivity index (χ0v) is 22.7. The zero-order chi connectivity index (χ0) is 27.1. The van der Waals surface area contributed by atoms with Gasteiger partial charge in [-0.1, -0.05) is 42.5 Å². The first-order valence-electron chi connectivity index (χ1n) is 12.8. The number of imidazole rings is 1. The first kappa shape index (κ1) is 24.8. The van der Waals surface area contributed by atoms with Gasteiger partial charge in [0.15, 0.2) is 5.13 Å². The fourth-order valence-corrected chi connectivity index (χ4v) is 5.93. The maximum Gasteiger partial charge on any atom is 0.329 e. The normalized spacial score (nSPS) is 11.5. The van der Waals surface area contributed by atoms with Crippen molar-refractivity contribution in [2.75, 3.05) is 12.4 Å². The van der Waals surface area contributed by atoms with E-state index in [1.54, 1.807) is 7.11 Å². The van der Waals surface area contributed by atoms with Gasteiger partial charge in [0.2, 0.25) is 5.91 Å². The van der Waals surface area contributed by atoms with E-state index in [0.29, 0.717) is 18.2 Å². The number of carbonyl (C=O) groups excluding carboxylic acids is 1. The lowest BCUT2D eigenvalue weighted by Crippen LogP contribution is -2.24. The Morgan fingerprint density at radius 3 is 2.46 bits per heavy atom. The summed E-state index contributed by atoms with van der Waals surface area (Å²) in [4.78, 5) is 34.3. The maximum atomic E-state index is 13.7. The van der Waals surface area contributed by atoms with Gasteiger partial charge in [-0.3, -0.25) is 18.9 Å². The molecule has 0 aliphatic carbocycles. The highest BCUT2D eigenvalue weighted by atomic mass is 32.1. The highest BCUT2D eigenvalue weighted by Crippen LogP contribution is 2.33. The molecule has 0 fully saturated rings. The molecule has 8 nitrogen and oxygen atoms in total. The summed E-state index contributed by atoms with van der Waals surface area (Å²) in [6, 6.07) is 20.0. The molecular formula is C30H27N5O3S. The molecule has 196 valence electrons. The van der Waals surface area contributed by atoms with E-state index in [-0.39, 0.29) is 11.6 Å². The molecule has 0 atom stereocenters. The van der Waals surface area contributed by atoms with Crippen molar-refractivity contribution in [3.63, 3.8) is 0 Å². The van der Waals surface area contributed by atoms with Crippen LogP contribution in [-0.2, 0) is 17.9 Å². The second-order valence-electron chi connectivity index (χ2n) is 9.48. The molecule has 0 bridgehead atoms. The van der Waals surface area contributed by atoms with Gasteiger partial charge in [0, 0.05) is 18.9 Å². The van der Waals surface area contributed by atoms with Crippen molar-refractivity contribution in [3.05, 3.63) is 82.9 Å². The van der Waals surface area contributed by atoms with Crippen LogP contribution in [0.25, 0.3) is 43.3 Å². The van der Waals surface area contributed by atoms with Crippen molar-refractivity contribution in [1.82, 2.24) is 19.1 Å². The number of rotatable bonds is 7. The number of hydrogen-bond acceptors (Lipinski definition) is 6. The Kier molecular flexibility index (Phi) is 6.36. The van der Waals surface area contributed by atoms with Crippen LogP contribution in [0, 0.1) is 0 Å². The number of amides is 1. The third-order valence-corrected chi connectivity index (χ3v) is 7.73. The smallest absolute Gasteiger partial charge is 0.329 e. The fourth-order valence-electron chi connectivity index (χ4n) is 4.98. The summed E-state index contributed by atoms with van der Waals surface area (Å²) in [5.41, 5.74) is 6.38. The number of nitrogens with zero attached hydrogens (tertiary/aromatic N) is 4. The number of anilines is 1. The van der Waals surface area contributed by atoms with E-state index in [1.165, 1.54) is 18.3 Å². The van der Waals surface area contributed by atoms with Crippen molar-refractivity contribution in [1.29, 1.82) is 0 Å². The standard InChI is InChI=1S/C30H27N5O3S/c1-4-13-34-26-16-31-24-11-7-20(21-8-12-25-27(15-21)39-29(33-25)32-18(2)36)14-23(24)28(26)35(30(34)37)17-19-5-9-22(38-3)10-6-19/h5-12,14-16H,4,13,17H2,1-3H3,(H,32,33,36). The topological polar surface area (TPSA) is 91.0 Å². The van der Waals surface area contributed by atoms with Crippen LogP contribution in [0.5, 0.6) is 5.75 Å². The summed E-state index contributed by atoms with van der Waals surface area (Å²) in [7, 11) is 1.64. The lowest BCUT2D eigenvalue weighted by molar-refractivity contribution is -0.114. The number of carbonyl (C=O) groups is 1. The molecule has 0 saturated heterocycles. The Hall–Kier alpha value is -4.50. The van der Waals surface area contributed by atoms with Gasteiger partial charge in [-0.2, -0.15) is 0 Å². The van der Waals surface area contributed by atoms with Crippen LogP contribution >= 0.6 is 11.3 Å². The summed E-state index contributed by atoms with van der Waals surface area (Å²) >= 11 is 1.44. The van der Waals surface area contributed by atoms with E-state index in [4.69, 9.17) is 9.72 Å². The lowest BCUT2D eigenvalue weighted by atomic mass is 10.0. The predicted octanol–water partition coefficient (Wildman–Crippen LogP) is 6.05. The summed E-state index contributed by atoms with van der Waals surface area (Å²) in [6.45, 7) is 4.61. The molecule has 1 amide bonds. The third-order valence-electron chi connectivity index (χ3n) is 6.79. The lowest BCUT2D eigenvalue weighted by Gasteiger charge is -2.09. The van der Waals surface area contributed by atoms with Crippen molar-refractivity contribution in [2.45, 2.75) is 33.4 Å². The number of nitrogens with one attached hydrogen (secondary N) is 1. The quantitative estimate of drug-likeness (QED) is 0.268. The number of hydrogen-bond donors (Lipinski definition) is 1. The van der Waals surface area contributed by atoms with Crippen molar-refractivity contribution in [2.24, 2.45) is 0 Å². The van der Waals surface area contributed by atoms with Gasteiger partial charge in [0.05, 0.1) is 46.6 Å². The molecule has 0 radical (unpaired) electrons. The molecule has 39 heavy (non-hydrogen) atoms. The second-order valence-corrected chi connectivity index (χ2v) is 10.5. The predicted molar refractivity (Wildman–Crippen MR) is 157 cm³/mol. The van der Waals surface area contributed by atoms with Gasteiger partial charge in [0.1, 0.15) is 5.75 Å². The molecule has 9 heteroatoms. The molecule has 0 aliphatic heterocycles. The Morgan fingerprint density at radius 1 is 1.00 bits per heavy atom. The van der Waals surface area contributed by atoms with Crippen LogP contribution in [0.2, 0.25) is 0 Å². The molecule has 1 N–H and O–H groups in total. The number of pyridine rings is 1. The van der Waals surface area contributed by atoms with Gasteiger partial charge in [-0.15, -0.1) is 0 Å². The van der Waals surface area contributed by atoms with E-state index in [1.807, 2.05) is 63.9 Å². The highest BCUT2D eigenvalue weighted by Gasteiger charge is 2.18. The Morgan fingerprint density at radius 2 is 1.74 bits per heavy atom. The molecule has 6 rings (SSSR count).